The van der Waals surface area contributed by atoms with Crippen LogP contribution in [0.5, 0.6) is 5.75 Å². The molecule has 0 aliphatic carbocycles. The van der Waals surface area contributed by atoms with Crippen LogP contribution in [0.2, 0.25) is 0 Å². The fourth-order valence-electron chi connectivity index (χ4n) is 2.48. The number of benzene rings is 1. The minimum atomic E-state index is 0.0234. The van der Waals surface area contributed by atoms with Crippen molar-refractivity contribution >= 4 is 17.3 Å². The van der Waals surface area contributed by atoms with Crippen LogP contribution in [-0.4, -0.2) is 31.1 Å². The van der Waals surface area contributed by atoms with Crippen LogP contribution in [0.25, 0.3) is 0 Å². The molecule has 0 saturated heterocycles. The van der Waals surface area contributed by atoms with E-state index in [1.165, 1.54) is 0 Å². The number of nitrogens with two attached hydrogens (primary N) is 1. The predicted molar refractivity (Wildman–Crippen MR) is 85.7 cm³/mol. The first-order valence-corrected chi connectivity index (χ1v) is 7.64. The Morgan fingerprint density at radius 1 is 1.52 bits per heavy atom. The number of carbonyl (C=O) groups is 1. The Kier molecular flexibility index (Phi) is 4.94. The van der Waals surface area contributed by atoms with Crippen molar-refractivity contribution in [2.75, 3.05) is 23.7 Å². The molecule has 1 amide bonds. The first-order chi connectivity index (χ1) is 10.0. The quantitative estimate of drug-likeness (QED) is 0.816. The SMILES string of the molecule is CCC(C)NC(=O)CN1CC(CC)Oc2cccc(N)c21. The van der Waals surface area contributed by atoms with E-state index in [4.69, 9.17) is 10.5 Å². The van der Waals surface area contributed by atoms with Crippen LogP contribution >= 0.6 is 0 Å². The van der Waals surface area contributed by atoms with Crippen LogP contribution in [-0.2, 0) is 4.79 Å². The van der Waals surface area contributed by atoms with Gasteiger partial charge >= 0.3 is 0 Å². The Hall–Kier alpha value is -1.91. The molecule has 1 aliphatic rings. The first-order valence-electron chi connectivity index (χ1n) is 7.64. The molecule has 1 aromatic rings. The maximum absolute atomic E-state index is 12.2. The van der Waals surface area contributed by atoms with Gasteiger partial charge in [-0.3, -0.25) is 4.79 Å². The van der Waals surface area contributed by atoms with E-state index in [9.17, 15) is 4.79 Å². The highest BCUT2D eigenvalue weighted by molar-refractivity contribution is 5.85. The van der Waals surface area contributed by atoms with Gasteiger partial charge in [0.25, 0.3) is 0 Å². The first kappa shape index (κ1) is 15.5. The zero-order valence-corrected chi connectivity index (χ0v) is 13.1. The molecule has 3 N–H and O–H groups in total. The zero-order chi connectivity index (χ0) is 15.4. The number of hydrogen-bond donors (Lipinski definition) is 2. The van der Waals surface area contributed by atoms with Crippen LogP contribution in [0.4, 0.5) is 11.4 Å². The summed E-state index contributed by atoms with van der Waals surface area (Å²) in [5.41, 5.74) is 7.55. The maximum atomic E-state index is 12.2. The van der Waals surface area contributed by atoms with Gasteiger partial charge in [0.05, 0.1) is 18.8 Å². The lowest BCUT2D eigenvalue weighted by atomic mass is 10.1. The van der Waals surface area contributed by atoms with Gasteiger partial charge in [-0.25, -0.2) is 0 Å². The number of nitrogens with one attached hydrogen (secondary N) is 1. The lowest BCUT2D eigenvalue weighted by Gasteiger charge is -2.36. The van der Waals surface area contributed by atoms with E-state index in [0.29, 0.717) is 18.8 Å². The van der Waals surface area contributed by atoms with Crippen molar-refractivity contribution in [1.82, 2.24) is 5.32 Å². The molecule has 2 unspecified atom stereocenters. The van der Waals surface area contributed by atoms with Crippen molar-refractivity contribution in [3.63, 3.8) is 0 Å². The number of nitrogens with zero attached hydrogens (tertiary/aromatic N) is 1. The van der Waals surface area contributed by atoms with Crippen LogP contribution in [0.1, 0.15) is 33.6 Å². The van der Waals surface area contributed by atoms with E-state index in [1.54, 1.807) is 0 Å². The van der Waals surface area contributed by atoms with Crippen molar-refractivity contribution in [2.24, 2.45) is 0 Å². The van der Waals surface area contributed by atoms with Crippen LogP contribution in [0.3, 0.4) is 0 Å². The number of nitrogen functional groups attached to an aromatic ring is 1. The Labute approximate surface area is 126 Å². The second-order valence-corrected chi connectivity index (χ2v) is 5.60. The molecule has 2 rings (SSSR count). The maximum Gasteiger partial charge on any atom is 0.239 e. The molecule has 0 bridgehead atoms. The van der Waals surface area contributed by atoms with Gasteiger partial charge in [0, 0.05) is 6.04 Å². The summed E-state index contributed by atoms with van der Waals surface area (Å²) in [4.78, 5) is 14.2. The van der Waals surface area contributed by atoms with E-state index in [1.807, 2.05) is 30.0 Å². The largest absolute Gasteiger partial charge is 0.486 e. The van der Waals surface area contributed by atoms with Crippen molar-refractivity contribution < 1.29 is 9.53 Å². The molecule has 2 atom stereocenters. The summed E-state index contributed by atoms with van der Waals surface area (Å²) in [5.74, 6) is 0.791. The predicted octanol–water partition coefficient (Wildman–Crippen LogP) is 2.16. The highest BCUT2D eigenvalue weighted by atomic mass is 16.5. The third-order valence-corrected chi connectivity index (χ3v) is 3.87. The molecule has 0 radical (unpaired) electrons. The third-order valence-electron chi connectivity index (χ3n) is 3.87. The van der Waals surface area contributed by atoms with Gasteiger partial charge in [-0.05, 0) is 31.9 Å². The molecular weight excluding hydrogens is 266 g/mol. The average molecular weight is 291 g/mol. The van der Waals surface area contributed by atoms with E-state index < -0.39 is 0 Å². The number of fused-ring (bicyclic) bond motifs is 1. The normalized spacial score (nSPS) is 18.6. The summed E-state index contributed by atoms with van der Waals surface area (Å²) in [7, 11) is 0. The summed E-state index contributed by atoms with van der Waals surface area (Å²) in [6, 6.07) is 5.82. The van der Waals surface area contributed by atoms with Gasteiger partial charge in [0.2, 0.25) is 5.91 Å². The standard InChI is InChI=1S/C16H25N3O2/c1-4-11(3)18-15(20)10-19-9-12(5-2)21-14-8-6-7-13(17)16(14)19/h6-8,11-12H,4-5,9-10,17H2,1-3H3,(H,18,20). The lowest BCUT2D eigenvalue weighted by molar-refractivity contribution is -0.120. The molecule has 0 spiro atoms. The zero-order valence-electron chi connectivity index (χ0n) is 13.1. The summed E-state index contributed by atoms with van der Waals surface area (Å²) in [6.07, 6.45) is 1.92. The van der Waals surface area contributed by atoms with Crippen LogP contribution < -0.4 is 20.7 Å². The van der Waals surface area contributed by atoms with Gasteiger partial charge in [-0.1, -0.05) is 19.9 Å². The summed E-state index contributed by atoms with van der Waals surface area (Å²) in [6.45, 7) is 7.14. The molecule has 5 heteroatoms. The molecule has 116 valence electrons. The second-order valence-electron chi connectivity index (χ2n) is 5.60. The number of hydrogen-bond acceptors (Lipinski definition) is 4. The molecule has 0 aromatic heterocycles. The summed E-state index contributed by atoms with van der Waals surface area (Å²) < 4.78 is 5.92. The molecule has 0 saturated carbocycles. The molecule has 5 nitrogen and oxygen atoms in total. The Morgan fingerprint density at radius 2 is 2.29 bits per heavy atom. The summed E-state index contributed by atoms with van der Waals surface area (Å²) in [5, 5.41) is 3.00. The Balaban J connectivity index is 2.17. The van der Waals surface area contributed by atoms with Gasteiger partial charge in [-0.2, -0.15) is 0 Å². The van der Waals surface area contributed by atoms with Crippen LogP contribution in [0, 0.1) is 0 Å². The second kappa shape index (κ2) is 6.70. The lowest BCUT2D eigenvalue weighted by Crippen LogP contribution is -2.46. The number of ether oxygens (including phenoxy) is 1. The van der Waals surface area contributed by atoms with E-state index in [0.717, 1.165) is 24.3 Å². The van der Waals surface area contributed by atoms with Crippen molar-refractivity contribution in [1.29, 1.82) is 0 Å². The molecule has 1 aliphatic heterocycles. The highest BCUT2D eigenvalue weighted by Gasteiger charge is 2.27. The van der Waals surface area contributed by atoms with Crippen molar-refractivity contribution in [3.8, 4) is 5.75 Å². The smallest absolute Gasteiger partial charge is 0.239 e. The van der Waals surface area contributed by atoms with Gasteiger partial charge in [-0.15, -0.1) is 0 Å². The van der Waals surface area contributed by atoms with Crippen molar-refractivity contribution in [2.45, 2.75) is 45.8 Å². The molecule has 1 heterocycles. The molecular formula is C16H25N3O2. The molecule has 21 heavy (non-hydrogen) atoms. The Bertz CT molecular complexity index is 504. The Morgan fingerprint density at radius 3 is 2.95 bits per heavy atom. The minimum absolute atomic E-state index is 0.0234. The van der Waals surface area contributed by atoms with Crippen LogP contribution in [0.15, 0.2) is 18.2 Å². The fourth-order valence-corrected chi connectivity index (χ4v) is 2.48. The fraction of sp³-hybridized carbons (Fsp3) is 0.562. The summed E-state index contributed by atoms with van der Waals surface area (Å²) >= 11 is 0. The number of para-hydroxylation sites is 1. The van der Waals surface area contributed by atoms with Gasteiger partial charge < -0.3 is 20.7 Å². The number of anilines is 2. The monoisotopic (exact) mass is 291 g/mol. The van der Waals surface area contributed by atoms with Gasteiger partial charge in [0.15, 0.2) is 0 Å². The van der Waals surface area contributed by atoms with Gasteiger partial charge in [0.1, 0.15) is 17.5 Å². The van der Waals surface area contributed by atoms with E-state index >= 15 is 0 Å². The average Bonchev–Trinajstić information content (AvgIpc) is 2.46. The topological polar surface area (TPSA) is 67.6 Å². The molecule has 1 aromatic carbocycles. The number of rotatable bonds is 5. The van der Waals surface area contributed by atoms with E-state index in [-0.39, 0.29) is 18.1 Å². The number of carbonyl (C=O) groups excluding carboxylic acids is 1. The minimum Gasteiger partial charge on any atom is -0.486 e. The number of amides is 1. The van der Waals surface area contributed by atoms with E-state index in [2.05, 4.69) is 19.2 Å². The molecule has 0 fully saturated rings. The highest BCUT2D eigenvalue weighted by Crippen LogP contribution is 2.38. The third kappa shape index (κ3) is 3.60. The van der Waals surface area contributed by atoms with Crippen molar-refractivity contribution in [3.05, 3.63) is 18.2 Å².